The number of carbonyl (C=O) groups is 2. The number of benzene rings is 6. The monoisotopic (exact) mass is 443 g/mol. The molecule has 34 heavy (non-hydrogen) atoms. The molecule has 2 N–H and O–H groups in total. The molecule has 0 saturated heterocycles. The molecule has 0 bridgehead atoms. The van der Waals surface area contributed by atoms with Crippen LogP contribution in [0.2, 0.25) is 0 Å². The summed E-state index contributed by atoms with van der Waals surface area (Å²) in [6, 6.07) is 25.4. The SMILES string of the molecule is Cc1cc(C)cc(NC(=O)c2ccc3c4cccc5cccc(c6ccc(C(=O)O)c2c63)c54)c1. The first kappa shape index (κ1) is 20.2. The molecule has 0 aliphatic carbocycles. The van der Waals surface area contributed by atoms with Crippen molar-refractivity contribution in [2.45, 2.75) is 13.8 Å². The van der Waals surface area contributed by atoms with Gasteiger partial charge in [-0.15, -0.1) is 0 Å². The van der Waals surface area contributed by atoms with E-state index in [-0.39, 0.29) is 11.5 Å². The average molecular weight is 444 g/mol. The Morgan fingerprint density at radius 1 is 0.647 bits per heavy atom. The lowest BCUT2D eigenvalue weighted by molar-refractivity contribution is 0.0699. The van der Waals surface area contributed by atoms with E-state index >= 15 is 0 Å². The summed E-state index contributed by atoms with van der Waals surface area (Å²) < 4.78 is 0. The fourth-order valence-electron chi connectivity index (χ4n) is 5.35. The van der Waals surface area contributed by atoms with Gasteiger partial charge in [0.1, 0.15) is 0 Å². The molecule has 6 aromatic rings. The highest BCUT2D eigenvalue weighted by molar-refractivity contribution is 6.36. The maximum Gasteiger partial charge on any atom is 0.336 e. The standard InChI is InChI=1S/C30H21NO3/c1-16-13-17(2)15-19(14-16)31-29(32)24-11-9-22-20-7-3-5-18-6-4-8-21(26(18)20)23-10-12-25(30(33)34)28(24)27(22)23/h3-15H,1-2H3,(H,31,32)(H,33,34). The molecule has 1 amide bonds. The molecule has 0 heterocycles. The van der Waals surface area contributed by atoms with Crippen LogP contribution in [0.5, 0.6) is 0 Å². The molecule has 0 saturated carbocycles. The largest absolute Gasteiger partial charge is 0.478 e. The molecule has 0 aliphatic rings. The van der Waals surface area contributed by atoms with E-state index in [9.17, 15) is 14.7 Å². The summed E-state index contributed by atoms with van der Waals surface area (Å²) in [4.78, 5) is 25.8. The normalized spacial score (nSPS) is 11.6. The van der Waals surface area contributed by atoms with Gasteiger partial charge in [-0.3, -0.25) is 4.79 Å². The van der Waals surface area contributed by atoms with Crippen LogP contribution in [0.15, 0.2) is 78.9 Å². The zero-order valence-corrected chi connectivity index (χ0v) is 18.8. The van der Waals surface area contributed by atoms with Crippen LogP contribution in [0.1, 0.15) is 31.8 Å². The maximum absolute atomic E-state index is 13.5. The molecular weight excluding hydrogens is 422 g/mol. The predicted octanol–water partition coefficient (Wildman–Crippen LogP) is 7.30. The van der Waals surface area contributed by atoms with E-state index in [4.69, 9.17) is 0 Å². The van der Waals surface area contributed by atoms with Gasteiger partial charge >= 0.3 is 5.97 Å². The van der Waals surface area contributed by atoms with Crippen molar-refractivity contribution in [3.05, 3.63) is 101 Å². The van der Waals surface area contributed by atoms with E-state index in [1.54, 1.807) is 12.1 Å². The topological polar surface area (TPSA) is 66.4 Å². The molecule has 164 valence electrons. The zero-order chi connectivity index (χ0) is 23.6. The van der Waals surface area contributed by atoms with Crippen LogP contribution in [0.25, 0.3) is 43.1 Å². The number of aromatic carboxylic acids is 1. The Bertz CT molecular complexity index is 1730. The van der Waals surface area contributed by atoms with Crippen molar-refractivity contribution < 1.29 is 14.7 Å². The van der Waals surface area contributed by atoms with Gasteiger partial charge in [0.05, 0.1) is 5.56 Å². The van der Waals surface area contributed by atoms with Gasteiger partial charge in [0, 0.05) is 16.6 Å². The highest BCUT2D eigenvalue weighted by Crippen LogP contribution is 2.42. The van der Waals surface area contributed by atoms with E-state index in [2.05, 4.69) is 29.6 Å². The van der Waals surface area contributed by atoms with Crippen LogP contribution >= 0.6 is 0 Å². The summed E-state index contributed by atoms with van der Waals surface area (Å²) in [7, 11) is 0. The number of rotatable bonds is 3. The van der Waals surface area contributed by atoms with Crippen molar-refractivity contribution in [2.75, 3.05) is 5.32 Å². The second-order valence-corrected chi connectivity index (χ2v) is 8.92. The first-order valence-corrected chi connectivity index (χ1v) is 11.2. The van der Waals surface area contributed by atoms with Gasteiger partial charge in [0.15, 0.2) is 0 Å². The number of fused-ring (bicyclic) bond motifs is 2. The first-order valence-electron chi connectivity index (χ1n) is 11.2. The van der Waals surface area contributed by atoms with Crippen molar-refractivity contribution in [1.29, 1.82) is 0 Å². The second kappa shape index (κ2) is 7.29. The van der Waals surface area contributed by atoms with Crippen molar-refractivity contribution in [3.8, 4) is 0 Å². The van der Waals surface area contributed by atoms with Gasteiger partial charge in [-0.1, -0.05) is 54.6 Å². The number of aryl methyl sites for hydroxylation is 2. The number of carbonyl (C=O) groups excluding carboxylic acids is 1. The highest BCUT2D eigenvalue weighted by atomic mass is 16.4. The Morgan fingerprint density at radius 2 is 1.21 bits per heavy atom. The van der Waals surface area contributed by atoms with Crippen LogP contribution in [-0.4, -0.2) is 17.0 Å². The maximum atomic E-state index is 13.5. The average Bonchev–Trinajstić information content (AvgIpc) is 2.81. The number of carboxylic acid groups (broad SMARTS) is 1. The van der Waals surface area contributed by atoms with Crippen LogP contribution in [-0.2, 0) is 0 Å². The van der Waals surface area contributed by atoms with Crippen LogP contribution in [0, 0.1) is 13.8 Å². The van der Waals surface area contributed by atoms with Gasteiger partial charge in [-0.05, 0) is 86.9 Å². The Kier molecular flexibility index (Phi) is 4.33. The van der Waals surface area contributed by atoms with Crippen molar-refractivity contribution in [1.82, 2.24) is 0 Å². The highest BCUT2D eigenvalue weighted by Gasteiger charge is 2.22. The fourth-order valence-corrected chi connectivity index (χ4v) is 5.35. The lowest BCUT2D eigenvalue weighted by Crippen LogP contribution is -2.14. The second-order valence-electron chi connectivity index (χ2n) is 8.92. The molecular formula is C30H21NO3. The molecule has 4 heteroatoms. The Hall–Kier alpha value is -4.44. The summed E-state index contributed by atoms with van der Waals surface area (Å²) in [6.07, 6.45) is 0. The van der Waals surface area contributed by atoms with Gasteiger partial charge in [-0.2, -0.15) is 0 Å². The zero-order valence-electron chi connectivity index (χ0n) is 18.8. The van der Waals surface area contributed by atoms with E-state index < -0.39 is 5.97 Å². The Morgan fingerprint density at radius 3 is 1.79 bits per heavy atom. The van der Waals surface area contributed by atoms with Crippen molar-refractivity contribution in [3.63, 3.8) is 0 Å². The number of hydrogen-bond donors (Lipinski definition) is 2. The quantitative estimate of drug-likeness (QED) is 0.223. The summed E-state index contributed by atoms with van der Waals surface area (Å²) in [6.45, 7) is 3.96. The van der Waals surface area contributed by atoms with Gasteiger partial charge in [-0.25, -0.2) is 4.79 Å². The summed E-state index contributed by atoms with van der Waals surface area (Å²) >= 11 is 0. The molecule has 0 aromatic heterocycles. The van der Waals surface area contributed by atoms with E-state index in [1.807, 2.05) is 56.3 Å². The minimum atomic E-state index is -1.05. The molecule has 0 radical (unpaired) electrons. The molecule has 6 rings (SSSR count). The minimum Gasteiger partial charge on any atom is -0.478 e. The molecule has 0 aliphatic heterocycles. The summed E-state index contributed by atoms with van der Waals surface area (Å²) in [5.41, 5.74) is 3.25. The fraction of sp³-hybridized carbons (Fsp3) is 0.0667. The van der Waals surface area contributed by atoms with E-state index in [1.165, 1.54) is 0 Å². The van der Waals surface area contributed by atoms with E-state index in [0.29, 0.717) is 16.6 Å². The number of amides is 1. The first-order chi connectivity index (χ1) is 16.4. The van der Waals surface area contributed by atoms with Crippen LogP contribution in [0.4, 0.5) is 5.69 Å². The lowest BCUT2D eigenvalue weighted by Gasteiger charge is -2.18. The summed E-state index contributed by atoms with van der Waals surface area (Å²) in [5.74, 6) is -1.38. The minimum absolute atomic E-state index is 0.123. The predicted molar refractivity (Wildman–Crippen MR) is 138 cm³/mol. The lowest BCUT2D eigenvalue weighted by atomic mass is 9.86. The molecule has 0 unspecified atom stereocenters. The van der Waals surface area contributed by atoms with Gasteiger partial charge in [0.25, 0.3) is 5.91 Å². The van der Waals surface area contributed by atoms with Crippen LogP contribution in [0.3, 0.4) is 0 Å². The molecule has 4 nitrogen and oxygen atoms in total. The number of hydrogen-bond acceptors (Lipinski definition) is 2. The van der Waals surface area contributed by atoms with Gasteiger partial charge < -0.3 is 10.4 Å². The molecule has 0 fully saturated rings. The molecule has 6 aromatic carbocycles. The van der Waals surface area contributed by atoms with E-state index in [0.717, 1.165) is 48.8 Å². The molecule has 0 spiro atoms. The van der Waals surface area contributed by atoms with Crippen molar-refractivity contribution >= 4 is 60.7 Å². The third kappa shape index (κ3) is 2.92. The number of nitrogens with one attached hydrogen (secondary N) is 1. The number of carboxylic acids is 1. The smallest absolute Gasteiger partial charge is 0.336 e. The third-order valence-electron chi connectivity index (χ3n) is 6.60. The third-order valence-corrected chi connectivity index (χ3v) is 6.60. The van der Waals surface area contributed by atoms with Crippen molar-refractivity contribution in [2.24, 2.45) is 0 Å². The van der Waals surface area contributed by atoms with Gasteiger partial charge in [0.2, 0.25) is 0 Å². The molecule has 0 atom stereocenters. The summed E-state index contributed by atoms with van der Waals surface area (Å²) in [5, 5.41) is 20.6. The number of anilines is 1. The Labute approximate surface area is 195 Å². The van der Waals surface area contributed by atoms with Crippen LogP contribution < -0.4 is 5.32 Å². The Balaban J connectivity index is 1.70.